The van der Waals surface area contributed by atoms with Crippen LogP contribution in [-0.4, -0.2) is 34.5 Å². The van der Waals surface area contributed by atoms with Crippen molar-refractivity contribution >= 4 is 55.7 Å². The normalized spacial score (nSPS) is 19.5. The topological polar surface area (TPSA) is 89.0 Å². The number of ketones is 1. The highest BCUT2D eigenvalue weighted by atomic mass is 35.5. The van der Waals surface area contributed by atoms with Gasteiger partial charge >= 0.3 is 5.91 Å². The first-order valence-electron chi connectivity index (χ1n) is 13.7. The van der Waals surface area contributed by atoms with E-state index >= 15 is 0 Å². The minimum atomic E-state index is -0.909. The number of aliphatic hydroxyl groups excluding tert-OH is 1. The Labute approximate surface area is 247 Å². The van der Waals surface area contributed by atoms with Crippen molar-refractivity contribution in [3.63, 3.8) is 0 Å². The molecule has 2 aliphatic rings. The molecule has 3 aromatic carbocycles. The van der Waals surface area contributed by atoms with E-state index in [9.17, 15) is 14.7 Å². The standard InChI is InChI=1S/C32H29ClN2O5S/c1-3-4-5-13-39-23-8-6-7-19(16-23)28-27(29(36)20-9-12-25-21(15-20)14-18(2)40-25)30(37)31(38)35(28)32-34-24-11-10-22(33)17-26(24)41-32/h6-12,15-18,28,36H,3-5,13-14H2,1-2H3. The highest BCUT2D eigenvalue weighted by Crippen LogP contribution is 2.45. The first-order valence-corrected chi connectivity index (χ1v) is 14.9. The van der Waals surface area contributed by atoms with Crippen LogP contribution >= 0.6 is 22.9 Å². The molecule has 0 radical (unpaired) electrons. The fraction of sp³-hybridized carbons (Fsp3) is 0.281. The van der Waals surface area contributed by atoms with Crippen LogP contribution in [0.25, 0.3) is 16.0 Å². The Morgan fingerprint density at radius 2 is 2.00 bits per heavy atom. The van der Waals surface area contributed by atoms with Gasteiger partial charge in [0.15, 0.2) is 5.13 Å². The summed E-state index contributed by atoms with van der Waals surface area (Å²) in [5, 5.41) is 12.5. The minimum absolute atomic E-state index is 0.00216. The maximum absolute atomic E-state index is 13.7. The second-order valence-corrected chi connectivity index (χ2v) is 11.8. The lowest BCUT2D eigenvalue weighted by molar-refractivity contribution is -0.132. The van der Waals surface area contributed by atoms with Gasteiger partial charge in [-0.25, -0.2) is 4.98 Å². The second-order valence-electron chi connectivity index (χ2n) is 10.4. The molecule has 6 rings (SSSR count). The van der Waals surface area contributed by atoms with Crippen LogP contribution in [0.3, 0.4) is 0 Å². The number of benzene rings is 3. The number of fused-ring (bicyclic) bond motifs is 2. The summed E-state index contributed by atoms with van der Waals surface area (Å²) in [6.45, 7) is 4.67. The van der Waals surface area contributed by atoms with Crippen molar-refractivity contribution in [3.8, 4) is 11.5 Å². The molecule has 7 nitrogen and oxygen atoms in total. The summed E-state index contributed by atoms with van der Waals surface area (Å²) >= 11 is 7.47. The SMILES string of the molecule is CCCCCOc1cccc(C2C(=C(O)c3ccc4c(c3)CC(C)O4)C(=O)C(=O)N2c2nc3ccc(Cl)cc3s2)c1. The monoisotopic (exact) mass is 588 g/mol. The number of nitrogens with zero attached hydrogens (tertiary/aromatic N) is 2. The lowest BCUT2D eigenvalue weighted by Crippen LogP contribution is -2.29. The Balaban J connectivity index is 1.47. The number of hydrogen-bond acceptors (Lipinski definition) is 7. The molecule has 9 heteroatoms. The van der Waals surface area contributed by atoms with E-state index in [1.807, 2.05) is 37.3 Å². The van der Waals surface area contributed by atoms with Gasteiger partial charge in [-0.2, -0.15) is 0 Å². The molecule has 0 saturated carbocycles. The molecule has 210 valence electrons. The van der Waals surface area contributed by atoms with Crippen LogP contribution in [0, 0.1) is 0 Å². The molecule has 2 unspecified atom stereocenters. The highest BCUT2D eigenvalue weighted by Gasteiger charge is 2.48. The lowest BCUT2D eigenvalue weighted by Gasteiger charge is -2.23. The number of aromatic nitrogens is 1. The zero-order valence-electron chi connectivity index (χ0n) is 22.7. The summed E-state index contributed by atoms with van der Waals surface area (Å²) in [7, 11) is 0. The van der Waals surface area contributed by atoms with Gasteiger partial charge in [0, 0.05) is 17.0 Å². The largest absolute Gasteiger partial charge is 0.507 e. The molecule has 0 spiro atoms. The van der Waals surface area contributed by atoms with Crippen molar-refractivity contribution in [1.29, 1.82) is 0 Å². The van der Waals surface area contributed by atoms with Crippen LogP contribution in [0.15, 0.2) is 66.2 Å². The number of thiazole rings is 1. The molecule has 1 fully saturated rings. The molecule has 4 aromatic rings. The molecule has 0 aliphatic carbocycles. The van der Waals surface area contributed by atoms with Crippen molar-refractivity contribution < 1.29 is 24.2 Å². The Kier molecular flexibility index (Phi) is 7.45. The lowest BCUT2D eigenvalue weighted by atomic mass is 9.94. The van der Waals surface area contributed by atoms with Crippen LogP contribution in [0.4, 0.5) is 5.13 Å². The molecular formula is C32H29ClN2O5S. The summed E-state index contributed by atoms with van der Waals surface area (Å²) in [5.41, 5.74) is 2.69. The zero-order valence-corrected chi connectivity index (χ0v) is 24.3. The number of halogens is 1. The highest BCUT2D eigenvalue weighted by molar-refractivity contribution is 7.22. The number of unbranched alkanes of at least 4 members (excludes halogenated alkanes) is 2. The number of carbonyl (C=O) groups is 2. The molecule has 1 N–H and O–H groups in total. The van der Waals surface area contributed by atoms with Gasteiger partial charge in [-0.1, -0.05) is 54.8 Å². The van der Waals surface area contributed by atoms with Crippen molar-refractivity contribution in [3.05, 3.63) is 87.9 Å². The van der Waals surface area contributed by atoms with E-state index in [4.69, 9.17) is 21.1 Å². The molecular weight excluding hydrogens is 560 g/mol. The summed E-state index contributed by atoms with van der Waals surface area (Å²) < 4.78 is 12.6. The van der Waals surface area contributed by atoms with Gasteiger partial charge in [0.05, 0.1) is 28.4 Å². The number of amides is 1. The van der Waals surface area contributed by atoms with Gasteiger partial charge in [0.25, 0.3) is 5.78 Å². The number of ether oxygens (including phenoxy) is 2. The molecule has 0 bridgehead atoms. The van der Waals surface area contributed by atoms with E-state index in [2.05, 4.69) is 11.9 Å². The van der Waals surface area contributed by atoms with Gasteiger partial charge < -0.3 is 14.6 Å². The van der Waals surface area contributed by atoms with Crippen LogP contribution in [0.1, 0.15) is 55.8 Å². The van der Waals surface area contributed by atoms with Gasteiger partial charge in [-0.15, -0.1) is 0 Å². The van der Waals surface area contributed by atoms with E-state index < -0.39 is 17.7 Å². The predicted molar refractivity (Wildman–Crippen MR) is 161 cm³/mol. The summed E-state index contributed by atoms with van der Waals surface area (Å²) in [6.07, 6.45) is 3.79. The minimum Gasteiger partial charge on any atom is -0.507 e. The molecule has 41 heavy (non-hydrogen) atoms. The van der Waals surface area contributed by atoms with Gasteiger partial charge in [-0.3, -0.25) is 14.5 Å². The smallest absolute Gasteiger partial charge is 0.301 e. The van der Waals surface area contributed by atoms with Gasteiger partial charge in [-0.05, 0) is 73.0 Å². The van der Waals surface area contributed by atoms with Crippen LogP contribution < -0.4 is 14.4 Å². The Morgan fingerprint density at radius 1 is 1.15 bits per heavy atom. The molecule has 3 heterocycles. The third-order valence-electron chi connectivity index (χ3n) is 7.35. The number of rotatable bonds is 8. The number of anilines is 1. The second kappa shape index (κ2) is 11.2. The van der Waals surface area contributed by atoms with Crippen LogP contribution in [0.2, 0.25) is 5.02 Å². The quantitative estimate of drug-likeness (QED) is 0.0994. The molecule has 2 aliphatic heterocycles. The summed E-state index contributed by atoms with van der Waals surface area (Å²) in [6, 6.07) is 17.0. The zero-order chi connectivity index (χ0) is 28.7. The summed E-state index contributed by atoms with van der Waals surface area (Å²) in [5.74, 6) is -0.383. The number of Topliss-reactive ketones (excluding diaryl/α,β-unsaturated/α-hetero) is 1. The molecule has 1 aromatic heterocycles. The maximum Gasteiger partial charge on any atom is 0.301 e. The Morgan fingerprint density at radius 3 is 2.83 bits per heavy atom. The van der Waals surface area contributed by atoms with Crippen molar-refractivity contribution in [2.24, 2.45) is 0 Å². The van der Waals surface area contributed by atoms with Crippen LogP contribution in [0.5, 0.6) is 11.5 Å². The molecule has 2 atom stereocenters. The summed E-state index contributed by atoms with van der Waals surface area (Å²) in [4.78, 5) is 33.4. The predicted octanol–water partition coefficient (Wildman–Crippen LogP) is 7.47. The van der Waals surface area contributed by atoms with Gasteiger partial charge in [0.2, 0.25) is 0 Å². The first kappa shape index (κ1) is 27.3. The number of hydrogen-bond donors (Lipinski definition) is 1. The third-order valence-corrected chi connectivity index (χ3v) is 8.60. The van der Waals surface area contributed by atoms with E-state index in [0.717, 1.165) is 35.3 Å². The Bertz CT molecular complexity index is 1700. The molecule has 1 amide bonds. The fourth-order valence-electron chi connectivity index (χ4n) is 5.38. The maximum atomic E-state index is 13.7. The van der Waals surface area contributed by atoms with E-state index in [0.29, 0.717) is 45.6 Å². The number of aliphatic hydroxyl groups is 1. The van der Waals surface area contributed by atoms with Gasteiger partial charge in [0.1, 0.15) is 23.4 Å². The van der Waals surface area contributed by atoms with Crippen molar-refractivity contribution in [2.75, 3.05) is 11.5 Å². The van der Waals surface area contributed by atoms with E-state index in [-0.39, 0.29) is 17.4 Å². The first-order chi connectivity index (χ1) is 19.8. The van der Waals surface area contributed by atoms with Crippen molar-refractivity contribution in [2.45, 2.75) is 51.7 Å². The third kappa shape index (κ3) is 5.18. The Hall–Kier alpha value is -3.88. The average molecular weight is 589 g/mol. The fourth-order valence-corrected chi connectivity index (χ4v) is 6.64. The molecule has 1 saturated heterocycles. The number of carbonyl (C=O) groups excluding carboxylic acids is 2. The van der Waals surface area contributed by atoms with E-state index in [1.165, 1.54) is 16.2 Å². The van der Waals surface area contributed by atoms with Crippen LogP contribution in [-0.2, 0) is 16.0 Å². The average Bonchev–Trinajstić information content (AvgIpc) is 3.62. The van der Waals surface area contributed by atoms with Crippen molar-refractivity contribution in [1.82, 2.24) is 4.98 Å². The van der Waals surface area contributed by atoms with E-state index in [1.54, 1.807) is 30.3 Å².